The van der Waals surface area contributed by atoms with Gasteiger partial charge in [0.25, 0.3) is 0 Å². The van der Waals surface area contributed by atoms with Gasteiger partial charge in [-0.3, -0.25) is 4.79 Å². The predicted octanol–water partition coefficient (Wildman–Crippen LogP) is 0.765. The number of amides is 1. The summed E-state index contributed by atoms with van der Waals surface area (Å²) in [7, 11) is 0. The Kier molecular flexibility index (Phi) is 4.04. The molecule has 2 rings (SSSR count). The van der Waals surface area contributed by atoms with E-state index in [0.717, 1.165) is 29.0 Å². The van der Waals surface area contributed by atoms with Gasteiger partial charge in [-0.15, -0.1) is 0 Å². The number of aryl methyl sites for hydroxylation is 1. The molecule has 1 aliphatic heterocycles. The number of fused-ring (bicyclic) bond motifs is 1. The highest BCUT2D eigenvalue weighted by molar-refractivity contribution is 5.75. The van der Waals surface area contributed by atoms with Crippen molar-refractivity contribution in [3.63, 3.8) is 0 Å². The first kappa shape index (κ1) is 12.7. The number of nitrogens with one attached hydrogen (secondary N) is 1. The number of aliphatic hydroxyl groups excluding tert-OH is 1. The second-order valence-corrected chi connectivity index (χ2v) is 4.21. The Labute approximate surface area is 106 Å². The van der Waals surface area contributed by atoms with Crippen LogP contribution in [0.3, 0.4) is 0 Å². The lowest BCUT2D eigenvalue weighted by atomic mass is 10.0. The quantitative estimate of drug-likeness (QED) is 0.811. The van der Waals surface area contributed by atoms with Crippen LogP contribution in [0.15, 0.2) is 12.1 Å². The summed E-state index contributed by atoms with van der Waals surface area (Å²) in [6.07, 6.45) is 0.889. The fraction of sp³-hybridized carbons (Fsp3) is 0.462. The Bertz CT molecular complexity index is 445. The molecule has 0 saturated carbocycles. The summed E-state index contributed by atoms with van der Waals surface area (Å²) < 4.78 is 10.6. The van der Waals surface area contributed by atoms with E-state index in [1.54, 1.807) is 0 Å². The molecule has 0 atom stereocenters. The number of benzene rings is 1. The minimum Gasteiger partial charge on any atom is -0.454 e. The van der Waals surface area contributed by atoms with Crippen LogP contribution >= 0.6 is 0 Å². The van der Waals surface area contributed by atoms with E-state index in [2.05, 4.69) is 5.32 Å². The monoisotopic (exact) mass is 251 g/mol. The summed E-state index contributed by atoms with van der Waals surface area (Å²) in [6, 6.07) is 3.91. The van der Waals surface area contributed by atoms with Crippen molar-refractivity contribution in [2.75, 3.05) is 19.9 Å². The number of ether oxygens (including phenoxy) is 2. The summed E-state index contributed by atoms with van der Waals surface area (Å²) in [5.41, 5.74) is 2.25. The maximum absolute atomic E-state index is 11.2. The molecule has 1 aliphatic rings. The lowest BCUT2D eigenvalue weighted by Gasteiger charge is -2.08. The van der Waals surface area contributed by atoms with E-state index in [9.17, 15) is 4.79 Å². The number of hydrogen-bond acceptors (Lipinski definition) is 4. The molecule has 1 amide bonds. The molecule has 2 N–H and O–H groups in total. The predicted molar refractivity (Wildman–Crippen MR) is 65.7 cm³/mol. The molecule has 0 unspecified atom stereocenters. The third-order valence-electron chi connectivity index (χ3n) is 2.89. The van der Waals surface area contributed by atoms with Crippen LogP contribution in [0.5, 0.6) is 11.5 Å². The van der Waals surface area contributed by atoms with E-state index in [-0.39, 0.29) is 25.7 Å². The van der Waals surface area contributed by atoms with Crippen molar-refractivity contribution < 1.29 is 19.4 Å². The molecule has 0 aliphatic carbocycles. The van der Waals surface area contributed by atoms with Crippen LogP contribution in [0.4, 0.5) is 0 Å². The molecule has 1 heterocycles. The fourth-order valence-electron chi connectivity index (χ4n) is 1.88. The summed E-state index contributed by atoms with van der Waals surface area (Å²) in [4.78, 5) is 11.2. The minimum absolute atomic E-state index is 0.116. The lowest BCUT2D eigenvalue weighted by Crippen LogP contribution is -2.26. The van der Waals surface area contributed by atoms with Crippen molar-refractivity contribution in [2.24, 2.45) is 0 Å². The van der Waals surface area contributed by atoms with Crippen LogP contribution in [0.2, 0.25) is 0 Å². The largest absolute Gasteiger partial charge is 0.454 e. The molecule has 1 aromatic carbocycles. The van der Waals surface area contributed by atoms with Gasteiger partial charge in [-0.05, 0) is 36.6 Å². The Morgan fingerprint density at radius 1 is 1.39 bits per heavy atom. The minimum atomic E-state index is -0.129. The second-order valence-electron chi connectivity index (χ2n) is 4.21. The van der Waals surface area contributed by atoms with Crippen LogP contribution in [0, 0.1) is 6.92 Å². The average molecular weight is 251 g/mol. The zero-order valence-corrected chi connectivity index (χ0v) is 10.4. The maximum atomic E-state index is 11.2. The highest BCUT2D eigenvalue weighted by atomic mass is 16.7. The van der Waals surface area contributed by atoms with Crippen LogP contribution in [0.25, 0.3) is 0 Å². The van der Waals surface area contributed by atoms with Crippen molar-refractivity contribution in [3.8, 4) is 11.5 Å². The van der Waals surface area contributed by atoms with Crippen molar-refractivity contribution in [1.82, 2.24) is 5.32 Å². The first-order chi connectivity index (χ1) is 8.70. The van der Waals surface area contributed by atoms with E-state index < -0.39 is 0 Å². The molecule has 0 fully saturated rings. The molecule has 0 bridgehead atoms. The molecule has 0 spiro atoms. The van der Waals surface area contributed by atoms with Crippen LogP contribution in [0.1, 0.15) is 17.5 Å². The normalized spacial score (nSPS) is 12.6. The van der Waals surface area contributed by atoms with E-state index in [0.29, 0.717) is 6.54 Å². The standard InChI is InChI=1S/C13H17NO4/c1-9-6-11-12(18-8-17-11)7-10(9)2-4-14-13(16)3-5-15/h6-7,15H,2-5,8H2,1H3,(H,14,16). The highest BCUT2D eigenvalue weighted by Crippen LogP contribution is 2.34. The van der Waals surface area contributed by atoms with Crippen molar-refractivity contribution >= 4 is 5.91 Å². The number of aliphatic hydroxyl groups is 1. The molecule has 5 heteroatoms. The molecular formula is C13H17NO4. The zero-order chi connectivity index (χ0) is 13.0. The van der Waals surface area contributed by atoms with E-state index >= 15 is 0 Å². The topological polar surface area (TPSA) is 67.8 Å². The Hall–Kier alpha value is -1.75. The Morgan fingerprint density at radius 3 is 2.83 bits per heavy atom. The smallest absolute Gasteiger partial charge is 0.231 e. The number of hydrogen-bond donors (Lipinski definition) is 2. The summed E-state index contributed by atoms with van der Waals surface area (Å²) in [5, 5.41) is 11.4. The van der Waals surface area contributed by atoms with E-state index in [1.165, 1.54) is 0 Å². The Balaban J connectivity index is 1.92. The summed E-state index contributed by atoms with van der Waals surface area (Å²) in [5.74, 6) is 1.41. The van der Waals surface area contributed by atoms with E-state index in [4.69, 9.17) is 14.6 Å². The first-order valence-electron chi connectivity index (χ1n) is 5.97. The fourth-order valence-corrected chi connectivity index (χ4v) is 1.88. The molecule has 98 valence electrons. The van der Waals surface area contributed by atoms with Crippen LogP contribution in [-0.2, 0) is 11.2 Å². The molecule has 18 heavy (non-hydrogen) atoms. The molecule has 0 saturated heterocycles. The van der Waals surface area contributed by atoms with Crippen LogP contribution in [-0.4, -0.2) is 31.0 Å². The summed E-state index contributed by atoms with van der Waals surface area (Å²) in [6.45, 7) is 2.71. The average Bonchev–Trinajstić information content (AvgIpc) is 2.76. The number of carbonyl (C=O) groups excluding carboxylic acids is 1. The third kappa shape index (κ3) is 2.92. The molecule has 0 radical (unpaired) electrons. The van der Waals surface area contributed by atoms with E-state index in [1.807, 2.05) is 19.1 Å². The van der Waals surface area contributed by atoms with Gasteiger partial charge in [0.15, 0.2) is 11.5 Å². The first-order valence-corrected chi connectivity index (χ1v) is 5.97. The highest BCUT2D eigenvalue weighted by Gasteiger charge is 2.15. The van der Waals surface area contributed by atoms with Gasteiger partial charge in [-0.25, -0.2) is 0 Å². The lowest BCUT2D eigenvalue weighted by molar-refractivity contribution is -0.121. The van der Waals surface area contributed by atoms with Crippen LogP contribution < -0.4 is 14.8 Å². The maximum Gasteiger partial charge on any atom is 0.231 e. The van der Waals surface area contributed by atoms with Crippen molar-refractivity contribution in [3.05, 3.63) is 23.3 Å². The summed E-state index contributed by atoms with van der Waals surface area (Å²) >= 11 is 0. The van der Waals surface area contributed by atoms with Gasteiger partial charge in [0, 0.05) is 13.0 Å². The van der Waals surface area contributed by atoms with Gasteiger partial charge in [-0.1, -0.05) is 0 Å². The second kappa shape index (κ2) is 5.73. The molecule has 5 nitrogen and oxygen atoms in total. The van der Waals surface area contributed by atoms with Crippen molar-refractivity contribution in [2.45, 2.75) is 19.8 Å². The van der Waals surface area contributed by atoms with Gasteiger partial charge in [0.05, 0.1) is 6.61 Å². The Morgan fingerprint density at radius 2 is 2.11 bits per heavy atom. The van der Waals surface area contributed by atoms with Gasteiger partial charge >= 0.3 is 0 Å². The SMILES string of the molecule is Cc1cc2c(cc1CCNC(=O)CCO)OCO2. The van der Waals surface area contributed by atoms with Gasteiger partial charge < -0.3 is 19.9 Å². The van der Waals surface area contributed by atoms with Gasteiger partial charge in [0.2, 0.25) is 12.7 Å². The van der Waals surface area contributed by atoms with Crippen molar-refractivity contribution in [1.29, 1.82) is 0 Å². The molecule has 1 aromatic rings. The van der Waals surface area contributed by atoms with Gasteiger partial charge in [0.1, 0.15) is 0 Å². The number of rotatable bonds is 5. The van der Waals surface area contributed by atoms with Gasteiger partial charge in [-0.2, -0.15) is 0 Å². The number of carbonyl (C=O) groups is 1. The molecular weight excluding hydrogens is 234 g/mol. The third-order valence-corrected chi connectivity index (χ3v) is 2.89. The zero-order valence-electron chi connectivity index (χ0n) is 10.4. The molecule has 0 aromatic heterocycles.